The summed E-state index contributed by atoms with van der Waals surface area (Å²) in [7, 11) is 2.95. The van der Waals surface area contributed by atoms with Crippen LogP contribution in [0, 0.1) is 12.8 Å². The van der Waals surface area contributed by atoms with Crippen molar-refractivity contribution in [3.63, 3.8) is 0 Å². The van der Waals surface area contributed by atoms with Crippen LogP contribution in [0.3, 0.4) is 0 Å². The molecule has 2 amide bonds. The first kappa shape index (κ1) is 25.7. The van der Waals surface area contributed by atoms with E-state index in [0.29, 0.717) is 35.9 Å². The highest BCUT2D eigenvalue weighted by Crippen LogP contribution is 2.37. The second-order valence-corrected chi connectivity index (χ2v) is 9.73. The van der Waals surface area contributed by atoms with Crippen molar-refractivity contribution < 1.29 is 23.9 Å². The van der Waals surface area contributed by atoms with Crippen molar-refractivity contribution in [2.24, 2.45) is 5.92 Å². The molecule has 1 saturated heterocycles. The van der Waals surface area contributed by atoms with Crippen molar-refractivity contribution in [3.8, 4) is 5.75 Å². The second kappa shape index (κ2) is 11.6. The number of urea groups is 1. The second-order valence-electron chi connectivity index (χ2n) is 9.73. The zero-order chi connectivity index (χ0) is 25.7. The Morgan fingerprint density at radius 1 is 0.861 bits per heavy atom. The average Bonchev–Trinajstić information content (AvgIpc) is 3.39. The fourth-order valence-corrected chi connectivity index (χ4v) is 5.33. The molecular weight excluding hydrogens is 458 g/mol. The van der Waals surface area contributed by atoms with Crippen LogP contribution in [0.5, 0.6) is 5.75 Å². The highest BCUT2D eigenvalue weighted by atomic mass is 16.5. The van der Waals surface area contributed by atoms with Gasteiger partial charge in [0.05, 0.1) is 25.9 Å². The van der Waals surface area contributed by atoms with E-state index in [1.165, 1.54) is 12.7 Å². The molecule has 0 aromatic heterocycles. The molecule has 1 aliphatic carbocycles. The molecule has 8 nitrogen and oxygen atoms in total. The smallest absolute Gasteiger partial charge is 0.323 e. The third-order valence-electron chi connectivity index (χ3n) is 7.35. The summed E-state index contributed by atoms with van der Waals surface area (Å²) in [6, 6.07) is 12.6. The monoisotopic (exact) mass is 493 g/mol. The third kappa shape index (κ3) is 6.05. The summed E-state index contributed by atoms with van der Waals surface area (Å²) in [5.41, 5.74) is 3.57. The van der Waals surface area contributed by atoms with Gasteiger partial charge in [-0.25, -0.2) is 4.79 Å². The quantitative estimate of drug-likeness (QED) is 0.479. The maximum atomic E-state index is 13.0. The maximum absolute atomic E-state index is 13.0. The van der Waals surface area contributed by atoms with Crippen LogP contribution >= 0.6 is 0 Å². The molecule has 0 spiro atoms. The van der Waals surface area contributed by atoms with Gasteiger partial charge >= 0.3 is 12.0 Å². The molecule has 8 heteroatoms. The van der Waals surface area contributed by atoms with E-state index in [1.54, 1.807) is 7.11 Å². The molecule has 1 aliphatic heterocycles. The van der Waals surface area contributed by atoms with Crippen molar-refractivity contribution >= 4 is 29.2 Å². The molecule has 0 radical (unpaired) electrons. The first-order valence-electron chi connectivity index (χ1n) is 12.6. The van der Waals surface area contributed by atoms with Crippen LogP contribution in [-0.4, -0.2) is 44.1 Å². The van der Waals surface area contributed by atoms with Crippen molar-refractivity contribution in [2.45, 2.75) is 63.5 Å². The number of hydrogen-bond acceptors (Lipinski definition) is 6. The molecule has 2 fully saturated rings. The number of amides is 2. The minimum atomic E-state index is -0.367. The van der Waals surface area contributed by atoms with E-state index < -0.39 is 0 Å². The van der Waals surface area contributed by atoms with Gasteiger partial charge in [0.25, 0.3) is 0 Å². The molecule has 192 valence electrons. The molecule has 2 unspecified atom stereocenters. The Morgan fingerprint density at radius 2 is 1.56 bits per heavy atom. The zero-order valence-electron chi connectivity index (χ0n) is 21.1. The SMILES string of the molecule is COC(=O)C1CCC(C(=O)C2CCC(c3ccc(NC(=O)Nc4cc(C)ccc4OC)cc3)CC2)N1. The molecular formula is C28H35N3O5. The minimum Gasteiger partial charge on any atom is -0.495 e. The van der Waals surface area contributed by atoms with Crippen LogP contribution in [0.25, 0.3) is 0 Å². The van der Waals surface area contributed by atoms with Crippen molar-refractivity contribution in [2.75, 3.05) is 24.9 Å². The highest BCUT2D eigenvalue weighted by molar-refractivity contribution is 6.00. The van der Waals surface area contributed by atoms with E-state index >= 15 is 0 Å². The summed E-state index contributed by atoms with van der Waals surface area (Å²) < 4.78 is 10.1. The molecule has 2 atom stereocenters. The Balaban J connectivity index is 1.26. The lowest BCUT2D eigenvalue weighted by molar-refractivity contribution is -0.142. The summed E-state index contributed by atoms with van der Waals surface area (Å²) in [6.07, 6.45) is 4.94. The molecule has 0 bridgehead atoms. The van der Waals surface area contributed by atoms with E-state index in [2.05, 4.69) is 28.1 Å². The van der Waals surface area contributed by atoms with E-state index in [-0.39, 0.29) is 35.8 Å². The Kier molecular flexibility index (Phi) is 8.25. The summed E-state index contributed by atoms with van der Waals surface area (Å²) in [5.74, 6) is 0.980. The van der Waals surface area contributed by atoms with Crippen molar-refractivity contribution in [3.05, 3.63) is 53.6 Å². The summed E-state index contributed by atoms with van der Waals surface area (Å²) in [6.45, 7) is 1.96. The fourth-order valence-electron chi connectivity index (χ4n) is 5.33. The number of benzene rings is 2. The van der Waals surface area contributed by atoms with E-state index in [0.717, 1.165) is 31.2 Å². The lowest BCUT2D eigenvalue weighted by atomic mass is 9.76. The first-order valence-corrected chi connectivity index (χ1v) is 12.6. The number of aryl methyl sites for hydroxylation is 1. The number of anilines is 2. The normalized spacial score (nSPS) is 23.5. The standard InChI is InChI=1S/C28H35N3O5/c1-17-4-15-25(35-2)24(16-17)31-28(34)29-21-11-9-19(10-12-21)18-5-7-20(8-6-18)26(32)22-13-14-23(30-22)27(33)36-3/h4,9-12,15-16,18,20,22-23,30H,5-8,13-14H2,1-3H3,(H2,29,31,34). The molecule has 2 aromatic carbocycles. The molecule has 1 saturated carbocycles. The largest absolute Gasteiger partial charge is 0.495 e. The highest BCUT2D eigenvalue weighted by Gasteiger charge is 2.37. The van der Waals surface area contributed by atoms with E-state index in [4.69, 9.17) is 9.47 Å². The van der Waals surface area contributed by atoms with Gasteiger partial charge in [-0.3, -0.25) is 14.9 Å². The van der Waals surface area contributed by atoms with Crippen LogP contribution in [-0.2, 0) is 14.3 Å². The molecule has 1 heterocycles. The van der Waals surface area contributed by atoms with Gasteiger partial charge in [0, 0.05) is 11.6 Å². The number of rotatable bonds is 7. The van der Waals surface area contributed by atoms with E-state index in [9.17, 15) is 14.4 Å². The summed E-state index contributed by atoms with van der Waals surface area (Å²) in [5, 5.41) is 8.87. The lowest BCUT2D eigenvalue weighted by Crippen LogP contribution is -2.42. The fraction of sp³-hybridized carbons (Fsp3) is 0.464. The number of ketones is 1. The van der Waals surface area contributed by atoms with Crippen LogP contribution in [0.1, 0.15) is 55.6 Å². The van der Waals surface area contributed by atoms with Crippen LogP contribution in [0.4, 0.5) is 16.2 Å². The zero-order valence-corrected chi connectivity index (χ0v) is 21.1. The van der Waals surface area contributed by atoms with Gasteiger partial charge in [-0.05, 0) is 86.8 Å². The molecule has 3 N–H and O–H groups in total. The van der Waals surface area contributed by atoms with Crippen molar-refractivity contribution in [1.82, 2.24) is 5.32 Å². The number of nitrogens with one attached hydrogen (secondary N) is 3. The Bertz CT molecular complexity index is 1090. The van der Waals surface area contributed by atoms with Gasteiger partial charge in [0.1, 0.15) is 11.8 Å². The van der Waals surface area contributed by atoms with E-state index in [1.807, 2.05) is 37.3 Å². The van der Waals surface area contributed by atoms with Gasteiger partial charge in [-0.1, -0.05) is 18.2 Å². The Labute approximate surface area is 212 Å². The number of hydrogen-bond donors (Lipinski definition) is 3. The number of ether oxygens (including phenoxy) is 2. The number of methoxy groups -OCH3 is 2. The summed E-state index contributed by atoms with van der Waals surface area (Å²) >= 11 is 0. The molecule has 2 aromatic rings. The van der Waals surface area contributed by atoms with Gasteiger partial charge in [-0.2, -0.15) is 0 Å². The molecule has 36 heavy (non-hydrogen) atoms. The average molecular weight is 494 g/mol. The third-order valence-corrected chi connectivity index (χ3v) is 7.35. The molecule has 4 rings (SSSR count). The predicted octanol–water partition coefficient (Wildman–Crippen LogP) is 4.78. The van der Waals surface area contributed by atoms with Gasteiger partial charge in [-0.15, -0.1) is 0 Å². The molecule has 2 aliphatic rings. The van der Waals surface area contributed by atoms with Crippen molar-refractivity contribution in [1.29, 1.82) is 0 Å². The van der Waals surface area contributed by atoms with Gasteiger partial charge in [0.2, 0.25) is 0 Å². The number of carbonyl (C=O) groups is 3. The van der Waals surface area contributed by atoms with Crippen LogP contribution in [0.15, 0.2) is 42.5 Å². The first-order chi connectivity index (χ1) is 17.4. The number of esters is 1. The summed E-state index contributed by atoms with van der Waals surface area (Å²) in [4.78, 5) is 37.2. The van der Waals surface area contributed by atoms with Crippen LogP contribution in [0.2, 0.25) is 0 Å². The van der Waals surface area contributed by atoms with Gasteiger partial charge < -0.3 is 20.1 Å². The topological polar surface area (TPSA) is 106 Å². The van der Waals surface area contributed by atoms with Gasteiger partial charge in [0.15, 0.2) is 5.78 Å². The Hall–Kier alpha value is -3.39. The lowest BCUT2D eigenvalue weighted by Gasteiger charge is -2.29. The number of Topliss-reactive ketones (excluding diaryl/α,β-unsaturated/α-hetero) is 1. The predicted molar refractivity (Wildman–Crippen MR) is 138 cm³/mol. The minimum absolute atomic E-state index is 0.0402. The van der Waals surface area contributed by atoms with Crippen LogP contribution < -0.4 is 20.7 Å². The number of carbonyl (C=O) groups excluding carboxylic acids is 3. The Morgan fingerprint density at radius 3 is 2.22 bits per heavy atom. The maximum Gasteiger partial charge on any atom is 0.323 e.